The molecule has 60 valence electrons. The molecule has 0 atom stereocenters. The van der Waals surface area contributed by atoms with Gasteiger partial charge in [-0.1, -0.05) is 0 Å². The fraction of sp³-hybridized carbons (Fsp3) is 0. The first-order valence-corrected chi connectivity index (χ1v) is 0. The monoisotopic (exact) mass is 551 g/mol. The maximum Gasteiger partial charge on any atom is 0 e. The predicted octanol–water partition coefficient (Wildman–Crippen LogP) is -0.0125. The van der Waals surface area contributed by atoms with Crippen molar-refractivity contribution in [3.8, 4) is 0 Å². The maximum absolute atomic E-state index is 0. The summed E-state index contributed by atoms with van der Waals surface area (Å²) in [5.74, 6) is 0. The molecule has 6 radical (unpaired) electrons. The Morgan fingerprint density at radius 2 is 0.333 bits per heavy atom. The molecule has 0 amide bonds. The van der Waals surface area contributed by atoms with Crippen molar-refractivity contribution in [1.29, 1.82) is 0 Å². The molecule has 0 aliphatic carbocycles. The van der Waals surface area contributed by atoms with E-state index in [2.05, 4.69) is 0 Å². The van der Waals surface area contributed by atoms with E-state index in [0.717, 1.165) is 0 Å². The van der Waals surface area contributed by atoms with Crippen molar-refractivity contribution in [2.24, 2.45) is 0 Å². The Hall–Kier alpha value is 3.61. The Bertz CT molecular complexity index is 3.90. The van der Waals surface area contributed by atoms with Crippen LogP contribution >= 0.6 is 0 Å². The van der Waals surface area contributed by atoms with Crippen LogP contribution in [0, 0.1) is 29.9 Å². The van der Waals surface area contributed by atoms with Gasteiger partial charge in [-0.25, -0.2) is 0 Å². The van der Waals surface area contributed by atoms with E-state index in [-0.39, 0.29) is 115 Å². The summed E-state index contributed by atoms with van der Waals surface area (Å²) in [6, 6.07) is 0. The molecular weight excluding hydrogens is 555 g/mol. The van der Waals surface area contributed by atoms with Gasteiger partial charge < -0.3 is 0 Å². The fourth-order valence-corrected chi connectivity index (χ4v) is 0. The molecule has 6 heteroatoms. The molecule has 0 aliphatic heterocycles. The maximum atomic E-state index is 0. The summed E-state index contributed by atoms with van der Waals surface area (Å²) in [6.45, 7) is 0. The molecule has 0 aliphatic rings. The van der Waals surface area contributed by atoms with Gasteiger partial charge in [0.05, 0.1) is 0 Å². The van der Waals surface area contributed by atoms with Gasteiger partial charge in [0.15, 0.2) is 0 Å². The summed E-state index contributed by atoms with van der Waals surface area (Å²) >= 11 is 0. The molecule has 0 aromatic carbocycles. The van der Waals surface area contributed by atoms with Crippen molar-refractivity contribution in [1.82, 2.24) is 0 Å². The Kier molecular flexibility index (Phi) is 349. The molecule has 0 spiro atoms. The van der Waals surface area contributed by atoms with Crippen LogP contribution < -0.4 is 0 Å². The number of hydrogen-bond donors (Lipinski definition) is 0. The van der Waals surface area contributed by atoms with E-state index in [4.69, 9.17) is 0 Å². The first kappa shape index (κ1) is 54.7. The average molecular weight is 555 g/mol. The molecule has 0 bridgehead atoms. The molecular formula is Cu5Np. The van der Waals surface area contributed by atoms with Crippen LogP contribution in [0.25, 0.3) is 0 Å². The third-order valence-corrected chi connectivity index (χ3v) is 0. The summed E-state index contributed by atoms with van der Waals surface area (Å²) < 4.78 is 0. The van der Waals surface area contributed by atoms with Gasteiger partial charge in [-0.15, -0.1) is 0 Å². The minimum atomic E-state index is 0. The van der Waals surface area contributed by atoms with Crippen LogP contribution in [0.5, 0.6) is 0 Å². The van der Waals surface area contributed by atoms with E-state index in [1.807, 2.05) is 0 Å². The zero-order valence-electron chi connectivity index (χ0n) is 1.95. The van der Waals surface area contributed by atoms with E-state index in [1.54, 1.807) is 0 Å². The van der Waals surface area contributed by atoms with E-state index in [1.165, 1.54) is 0 Å². The smallest absolute Gasteiger partial charge is 0 e. The van der Waals surface area contributed by atoms with E-state index < -0.39 is 0 Å². The van der Waals surface area contributed by atoms with Crippen LogP contribution in [0.3, 0.4) is 0 Å². The van der Waals surface area contributed by atoms with Gasteiger partial charge in [0.1, 0.15) is 0 Å². The summed E-state index contributed by atoms with van der Waals surface area (Å²) in [4.78, 5) is 0. The van der Waals surface area contributed by atoms with Crippen molar-refractivity contribution in [3.05, 3.63) is 0 Å². The Morgan fingerprint density at radius 1 is 0.333 bits per heavy atom. The molecule has 0 rings (SSSR count). The van der Waals surface area contributed by atoms with E-state index in [0.29, 0.717) is 0 Å². The molecule has 0 fully saturated rings. The molecule has 0 N–H and O–H groups in total. The Labute approximate surface area is 113 Å². The first-order chi connectivity index (χ1) is 0. The van der Waals surface area contributed by atoms with Gasteiger partial charge in [-0.2, -0.15) is 0 Å². The number of hydrogen-bond acceptors (Lipinski definition) is 0. The van der Waals surface area contributed by atoms with Crippen molar-refractivity contribution < 1.29 is 115 Å². The van der Waals surface area contributed by atoms with Crippen molar-refractivity contribution >= 4 is 0 Å². The van der Waals surface area contributed by atoms with Crippen LogP contribution in [0.4, 0.5) is 0 Å². The van der Waals surface area contributed by atoms with Gasteiger partial charge in [0.25, 0.3) is 0 Å². The largest absolute Gasteiger partial charge is 0 e. The molecule has 0 heterocycles. The normalized spacial score (nSPS) is 0. The van der Waals surface area contributed by atoms with Crippen molar-refractivity contribution in [2.45, 2.75) is 0 Å². The van der Waals surface area contributed by atoms with Crippen LogP contribution in [-0.2, 0) is 85.3 Å². The fourth-order valence-electron chi connectivity index (χ4n) is 0. The zero-order valence-corrected chi connectivity index (χ0v) is 10.4. The Balaban J connectivity index is 0. The van der Waals surface area contributed by atoms with E-state index >= 15 is 0 Å². The molecule has 6 heavy (non-hydrogen) atoms. The molecule has 0 aromatic heterocycles. The zero-order chi connectivity index (χ0) is 0. The van der Waals surface area contributed by atoms with Crippen molar-refractivity contribution in [3.63, 3.8) is 0 Å². The summed E-state index contributed by atoms with van der Waals surface area (Å²) in [5.41, 5.74) is 0. The van der Waals surface area contributed by atoms with Crippen molar-refractivity contribution in [2.75, 3.05) is 0 Å². The minimum Gasteiger partial charge on any atom is 0 e. The van der Waals surface area contributed by atoms with Gasteiger partial charge >= 0.3 is 0 Å². The standard InChI is InChI=1S/5Cu.Np. The second kappa shape index (κ2) is 38.3. The van der Waals surface area contributed by atoms with Crippen LogP contribution in [0.2, 0.25) is 0 Å². The van der Waals surface area contributed by atoms with Gasteiger partial charge in [-0.05, 0) is 0 Å². The predicted molar refractivity (Wildman–Crippen MR) is 0 cm³/mol. The SMILES string of the molecule is [Cu].[Cu].[Cu].[Cu].[Cu].[Np]. The quantitative estimate of drug-likeness (QED) is 0.370. The Morgan fingerprint density at radius 3 is 0.333 bits per heavy atom. The molecule has 0 aromatic rings. The molecule has 0 nitrogen and oxygen atoms in total. The van der Waals surface area contributed by atoms with Gasteiger partial charge in [-0.3, -0.25) is 0 Å². The third-order valence-electron chi connectivity index (χ3n) is 0. The summed E-state index contributed by atoms with van der Waals surface area (Å²) in [7, 11) is 0. The average Bonchev–Trinajstić information content (AvgIpc) is 0. The van der Waals surface area contributed by atoms with Crippen LogP contribution in [-0.4, -0.2) is 0 Å². The molecule has 0 saturated heterocycles. The van der Waals surface area contributed by atoms with Crippen LogP contribution in [0.15, 0.2) is 0 Å². The summed E-state index contributed by atoms with van der Waals surface area (Å²) in [5, 5.41) is 0. The van der Waals surface area contributed by atoms with Crippen LogP contribution in [0.1, 0.15) is 0 Å². The van der Waals surface area contributed by atoms with E-state index in [9.17, 15) is 0 Å². The molecule has 0 unspecified atom stereocenters. The number of rotatable bonds is 0. The minimum absolute atomic E-state index is 0. The summed E-state index contributed by atoms with van der Waals surface area (Å²) in [6.07, 6.45) is 0. The second-order valence-corrected chi connectivity index (χ2v) is 0. The third kappa shape index (κ3) is 25.5. The van der Waals surface area contributed by atoms with Gasteiger partial charge in [0.2, 0.25) is 0 Å². The van der Waals surface area contributed by atoms with Gasteiger partial charge in [0, 0.05) is 115 Å². The first-order valence-electron chi connectivity index (χ1n) is 0. The topological polar surface area (TPSA) is 0 Å². The molecule has 0 saturated carbocycles. The second-order valence-electron chi connectivity index (χ2n) is 0.